The minimum Gasteiger partial charge on any atom is -0.491 e. The Morgan fingerprint density at radius 1 is 1.47 bits per heavy atom. The van der Waals surface area contributed by atoms with Crippen molar-refractivity contribution < 1.29 is 14.3 Å². The van der Waals surface area contributed by atoms with E-state index in [-0.39, 0.29) is 12.5 Å². The van der Waals surface area contributed by atoms with Crippen molar-refractivity contribution >= 4 is 5.91 Å². The first-order chi connectivity index (χ1) is 8.27. The van der Waals surface area contributed by atoms with Crippen LogP contribution >= 0.6 is 0 Å². The standard InChI is InChI=1S/C13H15NO3/c1-3-7-14-13(15)11-5-4-6-12(10-11)17-9-8-16-2/h1,4-6,10H,7-9H2,2H3,(H,14,15). The molecule has 0 saturated carbocycles. The SMILES string of the molecule is C#CCNC(=O)c1cccc(OCCOC)c1. The quantitative estimate of drug-likeness (QED) is 0.590. The summed E-state index contributed by atoms with van der Waals surface area (Å²) >= 11 is 0. The molecule has 0 aliphatic heterocycles. The highest BCUT2D eigenvalue weighted by atomic mass is 16.5. The number of ether oxygens (including phenoxy) is 2. The molecule has 1 N–H and O–H groups in total. The number of hydrogen-bond acceptors (Lipinski definition) is 3. The number of methoxy groups -OCH3 is 1. The molecule has 90 valence electrons. The Balaban J connectivity index is 2.59. The summed E-state index contributed by atoms with van der Waals surface area (Å²) < 4.78 is 10.3. The van der Waals surface area contributed by atoms with Gasteiger partial charge < -0.3 is 14.8 Å². The van der Waals surface area contributed by atoms with Crippen LogP contribution in [0.15, 0.2) is 24.3 Å². The minimum atomic E-state index is -0.208. The number of rotatable bonds is 6. The first-order valence-corrected chi connectivity index (χ1v) is 5.21. The average Bonchev–Trinajstić information content (AvgIpc) is 2.36. The lowest BCUT2D eigenvalue weighted by molar-refractivity contribution is 0.0958. The van der Waals surface area contributed by atoms with Crippen molar-refractivity contribution in [1.29, 1.82) is 0 Å². The molecular formula is C13H15NO3. The van der Waals surface area contributed by atoms with Crippen LogP contribution < -0.4 is 10.1 Å². The van der Waals surface area contributed by atoms with E-state index in [0.29, 0.717) is 24.5 Å². The van der Waals surface area contributed by atoms with Gasteiger partial charge in [0.1, 0.15) is 12.4 Å². The van der Waals surface area contributed by atoms with E-state index >= 15 is 0 Å². The summed E-state index contributed by atoms with van der Waals surface area (Å²) in [6, 6.07) is 6.91. The molecule has 0 heterocycles. The maximum absolute atomic E-state index is 11.6. The van der Waals surface area contributed by atoms with Gasteiger partial charge in [-0.05, 0) is 18.2 Å². The predicted molar refractivity (Wildman–Crippen MR) is 65.0 cm³/mol. The molecule has 0 atom stereocenters. The zero-order chi connectivity index (χ0) is 12.5. The molecule has 0 unspecified atom stereocenters. The summed E-state index contributed by atoms with van der Waals surface area (Å²) in [5, 5.41) is 2.59. The van der Waals surface area contributed by atoms with Crippen LogP contribution in [0.1, 0.15) is 10.4 Å². The molecule has 0 saturated heterocycles. The molecule has 17 heavy (non-hydrogen) atoms. The molecular weight excluding hydrogens is 218 g/mol. The molecule has 4 nitrogen and oxygen atoms in total. The monoisotopic (exact) mass is 233 g/mol. The van der Waals surface area contributed by atoms with Crippen LogP contribution in [-0.4, -0.2) is 32.8 Å². The van der Waals surface area contributed by atoms with Gasteiger partial charge in [0.25, 0.3) is 5.91 Å². The van der Waals surface area contributed by atoms with Crippen molar-refractivity contribution in [2.45, 2.75) is 0 Å². The third-order valence-electron chi connectivity index (χ3n) is 2.00. The van der Waals surface area contributed by atoms with E-state index < -0.39 is 0 Å². The number of nitrogens with one attached hydrogen (secondary N) is 1. The van der Waals surface area contributed by atoms with Gasteiger partial charge in [-0.3, -0.25) is 4.79 Å². The number of hydrogen-bond donors (Lipinski definition) is 1. The predicted octanol–water partition coefficient (Wildman–Crippen LogP) is 1.07. The van der Waals surface area contributed by atoms with E-state index in [4.69, 9.17) is 15.9 Å². The second-order valence-corrected chi connectivity index (χ2v) is 3.26. The van der Waals surface area contributed by atoms with Crippen molar-refractivity contribution in [2.75, 3.05) is 26.9 Å². The number of amides is 1. The average molecular weight is 233 g/mol. The Kier molecular flexibility index (Phi) is 5.62. The van der Waals surface area contributed by atoms with E-state index in [0.717, 1.165) is 0 Å². The summed E-state index contributed by atoms with van der Waals surface area (Å²) in [5.74, 6) is 2.77. The molecule has 0 bridgehead atoms. The highest BCUT2D eigenvalue weighted by molar-refractivity contribution is 5.94. The molecule has 1 aromatic carbocycles. The number of terminal acetylenes is 1. The van der Waals surface area contributed by atoms with E-state index in [1.165, 1.54) is 0 Å². The lowest BCUT2D eigenvalue weighted by atomic mass is 10.2. The maximum atomic E-state index is 11.6. The number of carbonyl (C=O) groups is 1. The zero-order valence-electron chi connectivity index (χ0n) is 9.73. The van der Waals surface area contributed by atoms with Crippen LogP contribution in [0.4, 0.5) is 0 Å². The molecule has 1 aromatic rings. The van der Waals surface area contributed by atoms with Gasteiger partial charge in [0.05, 0.1) is 13.2 Å². The van der Waals surface area contributed by atoms with Crippen molar-refractivity contribution in [1.82, 2.24) is 5.32 Å². The topological polar surface area (TPSA) is 47.6 Å². The molecule has 0 radical (unpaired) electrons. The van der Waals surface area contributed by atoms with Gasteiger partial charge in [-0.15, -0.1) is 6.42 Å². The van der Waals surface area contributed by atoms with Crippen LogP contribution in [0.2, 0.25) is 0 Å². The first-order valence-electron chi connectivity index (χ1n) is 5.21. The smallest absolute Gasteiger partial charge is 0.252 e. The van der Waals surface area contributed by atoms with Crippen molar-refractivity contribution in [3.05, 3.63) is 29.8 Å². The Morgan fingerprint density at radius 2 is 2.29 bits per heavy atom. The normalized spacial score (nSPS) is 9.41. The van der Waals surface area contributed by atoms with Gasteiger partial charge in [-0.2, -0.15) is 0 Å². The van der Waals surface area contributed by atoms with Gasteiger partial charge in [0, 0.05) is 12.7 Å². The summed E-state index contributed by atoms with van der Waals surface area (Å²) in [5.41, 5.74) is 0.523. The van der Waals surface area contributed by atoms with Crippen LogP contribution in [0, 0.1) is 12.3 Å². The van der Waals surface area contributed by atoms with Crippen molar-refractivity contribution in [3.8, 4) is 18.1 Å². The second kappa shape index (κ2) is 7.31. The molecule has 1 rings (SSSR count). The van der Waals surface area contributed by atoms with Gasteiger partial charge in [0.15, 0.2) is 0 Å². The van der Waals surface area contributed by atoms with Crippen LogP contribution in [0.5, 0.6) is 5.75 Å². The van der Waals surface area contributed by atoms with E-state index in [1.54, 1.807) is 31.4 Å². The molecule has 0 aliphatic carbocycles. The summed E-state index contributed by atoms with van der Waals surface area (Å²) in [7, 11) is 1.60. The molecule has 0 aliphatic rings. The molecule has 4 heteroatoms. The summed E-state index contributed by atoms with van der Waals surface area (Å²) in [4.78, 5) is 11.6. The lowest BCUT2D eigenvalue weighted by Gasteiger charge is -2.07. The fourth-order valence-corrected chi connectivity index (χ4v) is 1.20. The second-order valence-electron chi connectivity index (χ2n) is 3.26. The zero-order valence-corrected chi connectivity index (χ0v) is 9.73. The van der Waals surface area contributed by atoms with Crippen LogP contribution in [0.3, 0.4) is 0 Å². The Hall–Kier alpha value is -1.99. The van der Waals surface area contributed by atoms with Gasteiger partial charge in [-0.25, -0.2) is 0 Å². The van der Waals surface area contributed by atoms with E-state index in [2.05, 4.69) is 11.2 Å². The molecule has 1 amide bonds. The minimum absolute atomic E-state index is 0.208. The van der Waals surface area contributed by atoms with E-state index in [1.807, 2.05) is 0 Å². The lowest BCUT2D eigenvalue weighted by Crippen LogP contribution is -2.23. The largest absolute Gasteiger partial charge is 0.491 e. The third-order valence-corrected chi connectivity index (χ3v) is 2.00. The van der Waals surface area contributed by atoms with Gasteiger partial charge in [0.2, 0.25) is 0 Å². The number of benzene rings is 1. The Labute approximate surface area is 101 Å². The van der Waals surface area contributed by atoms with Crippen molar-refractivity contribution in [2.24, 2.45) is 0 Å². The highest BCUT2D eigenvalue weighted by Gasteiger charge is 2.05. The summed E-state index contributed by atoms with van der Waals surface area (Å²) in [6.07, 6.45) is 5.06. The maximum Gasteiger partial charge on any atom is 0.252 e. The highest BCUT2D eigenvalue weighted by Crippen LogP contribution is 2.13. The van der Waals surface area contributed by atoms with Gasteiger partial charge >= 0.3 is 0 Å². The van der Waals surface area contributed by atoms with Crippen LogP contribution in [0.25, 0.3) is 0 Å². The summed E-state index contributed by atoms with van der Waals surface area (Å²) in [6.45, 7) is 1.17. The Morgan fingerprint density at radius 3 is 3.00 bits per heavy atom. The van der Waals surface area contributed by atoms with Crippen LogP contribution in [-0.2, 0) is 4.74 Å². The van der Waals surface area contributed by atoms with E-state index in [9.17, 15) is 4.79 Å². The third kappa shape index (κ3) is 4.58. The molecule has 0 spiro atoms. The molecule has 0 aromatic heterocycles. The van der Waals surface area contributed by atoms with Crippen molar-refractivity contribution in [3.63, 3.8) is 0 Å². The Bertz CT molecular complexity index is 409. The van der Waals surface area contributed by atoms with Gasteiger partial charge in [-0.1, -0.05) is 12.0 Å². The fraction of sp³-hybridized carbons (Fsp3) is 0.308. The fourth-order valence-electron chi connectivity index (χ4n) is 1.20. The first kappa shape index (κ1) is 13.1. The number of carbonyl (C=O) groups excluding carboxylic acids is 1. The molecule has 0 fully saturated rings.